The maximum Gasteiger partial charge on any atom is 0.251 e. The molecule has 1 aliphatic rings. The third kappa shape index (κ3) is 5.17. The highest BCUT2D eigenvalue weighted by Gasteiger charge is 2.14. The Morgan fingerprint density at radius 3 is 2.59 bits per heavy atom. The molecule has 0 radical (unpaired) electrons. The molecule has 0 aliphatic carbocycles. The second kappa shape index (κ2) is 8.81. The predicted molar refractivity (Wildman–Crippen MR) is 107 cm³/mol. The SMILES string of the molecule is Cc1nc(NCCNC(=O)c2ccc(C)c(C)c2)cc(N2CCOCC2)n1. The van der Waals surface area contributed by atoms with Gasteiger partial charge in [-0.25, -0.2) is 9.97 Å². The largest absolute Gasteiger partial charge is 0.378 e. The van der Waals surface area contributed by atoms with Gasteiger partial charge in [0.05, 0.1) is 13.2 Å². The van der Waals surface area contributed by atoms with Crippen molar-refractivity contribution in [1.29, 1.82) is 0 Å². The van der Waals surface area contributed by atoms with Crippen molar-refractivity contribution < 1.29 is 9.53 Å². The second-order valence-corrected chi connectivity index (χ2v) is 6.74. The summed E-state index contributed by atoms with van der Waals surface area (Å²) in [6.07, 6.45) is 0. The van der Waals surface area contributed by atoms with E-state index < -0.39 is 0 Å². The molecule has 7 nitrogen and oxygen atoms in total. The number of anilines is 2. The first-order valence-corrected chi connectivity index (χ1v) is 9.30. The molecule has 2 N–H and O–H groups in total. The van der Waals surface area contributed by atoms with E-state index in [0.29, 0.717) is 18.7 Å². The number of aromatic nitrogens is 2. The minimum atomic E-state index is -0.0622. The Kier molecular flexibility index (Phi) is 6.24. The molecular weight excluding hydrogens is 342 g/mol. The van der Waals surface area contributed by atoms with Crippen molar-refractivity contribution in [3.8, 4) is 0 Å². The fourth-order valence-electron chi connectivity index (χ4n) is 2.95. The summed E-state index contributed by atoms with van der Waals surface area (Å²) < 4.78 is 5.39. The maximum absolute atomic E-state index is 12.3. The number of nitrogens with zero attached hydrogens (tertiary/aromatic N) is 3. The van der Waals surface area contributed by atoms with Crippen LogP contribution in [0.15, 0.2) is 24.3 Å². The molecule has 1 aliphatic heterocycles. The van der Waals surface area contributed by atoms with Crippen LogP contribution in [0.4, 0.5) is 11.6 Å². The highest BCUT2D eigenvalue weighted by atomic mass is 16.5. The number of rotatable bonds is 6. The van der Waals surface area contributed by atoms with Gasteiger partial charge in [-0.3, -0.25) is 4.79 Å². The fraction of sp³-hybridized carbons (Fsp3) is 0.450. The van der Waals surface area contributed by atoms with Crippen molar-refractivity contribution in [2.24, 2.45) is 0 Å². The van der Waals surface area contributed by atoms with E-state index in [1.807, 2.05) is 45.0 Å². The van der Waals surface area contributed by atoms with Gasteiger partial charge in [0.25, 0.3) is 5.91 Å². The molecular formula is C20H27N5O2. The van der Waals surface area contributed by atoms with E-state index >= 15 is 0 Å². The number of nitrogens with one attached hydrogen (secondary N) is 2. The Morgan fingerprint density at radius 2 is 1.85 bits per heavy atom. The normalized spacial score (nSPS) is 14.1. The number of carbonyl (C=O) groups excluding carboxylic acids is 1. The molecule has 1 aromatic carbocycles. The molecule has 1 amide bonds. The van der Waals surface area contributed by atoms with Crippen LogP contribution in [0.2, 0.25) is 0 Å². The first kappa shape index (κ1) is 19.1. The lowest BCUT2D eigenvalue weighted by Gasteiger charge is -2.28. The molecule has 144 valence electrons. The van der Waals surface area contributed by atoms with Crippen LogP contribution in [-0.4, -0.2) is 55.3 Å². The van der Waals surface area contributed by atoms with Crippen molar-refractivity contribution in [3.05, 3.63) is 46.8 Å². The summed E-state index contributed by atoms with van der Waals surface area (Å²) in [4.78, 5) is 23.4. The number of ether oxygens (including phenoxy) is 1. The van der Waals surface area contributed by atoms with Crippen molar-refractivity contribution in [3.63, 3.8) is 0 Å². The summed E-state index contributed by atoms with van der Waals surface area (Å²) in [6, 6.07) is 7.69. The van der Waals surface area contributed by atoms with Crippen molar-refractivity contribution in [2.75, 3.05) is 49.6 Å². The highest BCUT2D eigenvalue weighted by Crippen LogP contribution is 2.17. The quantitative estimate of drug-likeness (QED) is 0.759. The van der Waals surface area contributed by atoms with Gasteiger partial charge in [-0.05, 0) is 44.0 Å². The Balaban J connectivity index is 1.51. The van der Waals surface area contributed by atoms with Crippen LogP contribution in [0, 0.1) is 20.8 Å². The Labute approximate surface area is 160 Å². The number of morpholine rings is 1. The summed E-state index contributed by atoms with van der Waals surface area (Å²) in [5.41, 5.74) is 2.99. The monoisotopic (exact) mass is 369 g/mol. The Bertz CT molecular complexity index is 803. The van der Waals surface area contributed by atoms with E-state index in [0.717, 1.165) is 49.3 Å². The molecule has 1 aromatic heterocycles. The minimum absolute atomic E-state index is 0.0622. The summed E-state index contributed by atoms with van der Waals surface area (Å²) in [5.74, 6) is 2.34. The Hall–Kier alpha value is -2.67. The molecule has 3 rings (SSSR count). The lowest BCUT2D eigenvalue weighted by atomic mass is 10.1. The number of benzene rings is 1. The van der Waals surface area contributed by atoms with Gasteiger partial charge in [0.2, 0.25) is 0 Å². The average Bonchev–Trinajstić information content (AvgIpc) is 2.67. The molecule has 1 saturated heterocycles. The lowest BCUT2D eigenvalue weighted by Crippen LogP contribution is -2.37. The predicted octanol–water partition coefficient (Wildman–Crippen LogP) is 2.08. The van der Waals surface area contributed by atoms with E-state index in [1.165, 1.54) is 5.56 Å². The van der Waals surface area contributed by atoms with Crippen LogP contribution >= 0.6 is 0 Å². The molecule has 7 heteroatoms. The molecule has 1 fully saturated rings. The summed E-state index contributed by atoms with van der Waals surface area (Å²) in [5, 5.41) is 6.21. The van der Waals surface area contributed by atoms with Gasteiger partial charge in [-0.2, -0.15) is 0 Å². The van der Waals surface area contributed by atoms with Crippen LogP contribution in [-0.2, 0) is 4.74 Å². The molecule has 0 unspecified atom stereocenters. The summed E-state index contributed by atoms with van der Waals surface area (Å²) in [7, 11) is 0. The number of hydrogen-bond acceptors (Lipinski definition) is 6. The zero-order chi connectivity index (χ0) is 19.2. The van der Waals surface area contributed by atoms with Gasteiger partial charge in [-0.15, -0.1) is 0 Å². The van der Waals surface area contributed by atoms with Crippen LogP contribution in [0.25, 0.3) is 0 Å². The van der Waals surface area contributed by atoms with Crippen LogP contribution in [0.3, 0.4) is 0 Å². The first-order valence-electron chi connectivity index (χ1n) is 9.30. The van der Waals surface area contributed by atoms with Gasteiger partial charge in [0.15, 0.2) is 0 Å². The summed E-state index contributed by atoms with van der Waals surface area (Å²) >= 11 is 0. The van der Waals surface area contributed by atoms with Gasteiger partial charge in [-0.1, -0.05) is 6.07 Å². The molecule has 0 bridgehead atoms. The van der Waals surface area contributed by atoms with Gasteiger partial charge in [0, 0.05) is 37.8 Å². The lowest BCUT2D eigenvalue weighted by molar-refractivity contribution is 0.0955. The molecule has 0 atom stereocenters. The van der Waals surface area contributed by atoms with Gasteiger partial charge in [0.1, 0.15) is 17.5 Å². The van der Waals surface area contributed by atoms with Crippen LogP contribution in [0.5, 0.6) is 0 Å². The average molecular weight is 369 g/mol. The smallest absolute Gasteiger partial charge is 0.251 e. The summed E-state index contributed by atoms with van der Waals surface area (Å²) in [6.45, 7) is 10.2. The molecule has 2 aromatic rings. The van der Waals surface area contributed by atoms with E-state index in [4.69, 9.17) is 4.74 Å². The number of carbonyl (C=O) groups is 1. The highest BCUT2D eigenvalue weighted by molar-refractivity contribution is 5.94. The molecule has 27 heavy (non-hydrogen) atoms. The van der Waals surface area contributed by atoms with Crippen molar-refractivity contribution in [2.45, 2.75) is 20.8 Å². The van der Waals surface area contributed by atoms with Crippen LogP contribution in [0.1, 0.15) is 27.3 Å². The van der Waals surface area contributed by atoms with Crippen molar-refractivity contribution >= 4 is 17.5 Å². The van der Waals surface area contributed by atoms with E-state index in [2.05, 4.69) is 25.5 Å². The molecule has 0 spiro atoms. The Morgan fingerprint density at radius 1 is 1.07 bits per heavy atom. The van der Waals surface area contributed by atoms with Gasteiger partial charge < -0.3 is 20.3 Å². The maximum atomic E-state index is 12.3. The number of amides is 1. The zero-order valence-corrected chi connectivity index (χ0v) is 16.2. The zero-order valence-electron chi connectivity index (χ0n) is 16.2. The first-order chi connectivity index (χ1) is 13.0. The van der Waals surface area contributed by atoms with Gasteiger partial charge >= 0.3 is 0 Å². The fourth-order valence-corrected chi connectivity index (χ4v) is 2.95. The topological polar surface area (TPSA) is 79.4 Å². The standard InChI is InChI=1S/C20H27N5O2/c1-14-4-5-17(12-15(14)2)20(26)22-7-6-21-18-13-19(24-16(3)23-18)25-8-10-27-11-9-25/h4-5,12-13H,6-11H2,1-3H3,(H,22,26)(H,21,23,24). The third-order valence-electron chi connectivity index (χ3n) is 4.65. The van der Waals surface area contributed by atoms with E-state index in [9.17, 15) is 4.79 Å². The third-order valence-corrected chi connectivity index (χ3v) is 4.65. The van der Waals surface area contributed by atoms with E-state index in [-0.39, 0.29) is 5.91 Å². The van der Waals surface area contributed by atoms with Crippen molar-refractivity contribution in [1.82, 2.24) is 15.3 Å². The molecule has 2 heterocycles. The molecule has 0 saturated carbocycles. The minimum Gasteiger partial charge on any atom is -0.378 e. The second-order valence-electron chi connectivity index (χ2n) is 6.74. The number of hydrogen-bond donors (Lipinski definition) is 2. The van der Waals surface area contributed by atoms with E-state index in [1.54, 1.807) is 0 Å². The number of aryl methyl sites for hydroxylation is 3. The van der Waals surface area contributed by atoms with Crippen LogP contribution < -0.4 is 15.5 Å².